The monoisotopic (exact) mass is 606 g/mol. The quantitative estimate of drug-likeness (QED) is 0.223. The van der Waals surface area contributed by atoms with Gasteiger partial charge in [0.15, 0.2) is 4.80 Å². The second-order valence-electron chi connectivity index (χ2n) is 9.68. The first kappa shape index (κ1) is 29.4. The van der Waals surface area contributed by atoms with Crippen LogP contribution in [0.4, 0.5) is 0 Å². The summed E-state index contributed by atoms with van der Waals surface area (Å²) in [7, 11) is 3.11. The van der Waals surface area contributed by atoms with Crippen LogP contribution in [0.1, 0.15) is 49.6 Å². The summed E-state index contributed by atoms with van der Waals surface area (Å²) in [5.41, 5.74) is 3.05. The Morgan fingerprint density at radius 3 is 2.64 bits per heavy atom. The summed E-state index contributed by atoms with van der Waals surface area (Å²) in [5, 5.41) is 0.607. The summed E-state index contributed by atoms with van der Waals surface area (Å²) < 4.78 is 24.7. The minimum atomic E-state index is -0.838. The van der Waals surface area contributed by atoms with Gasteiger partial charge in [-0.25, -0.2) is 9.79 Å². The average molecular weight is 607 g/mol. The van der Waals surface area contributed by atoms with Crippen LogP contribution in [0.3, 0.4) is 0 Å². The second kappa shape index (κ2) is 12.4. The molecular weight excluding hydrogens is 576 g/mol. The largest absolute Gasteiger partial charge is 0.497 e. The highest BCUT2D eigenvalue weighted by Crippen LogP contribution is 2.39. The maximum Gasteiger partial charge on any atom is 0.338 e. The van der Waals surface area contributed by atoms with E-state index in [9.17, 15) is 9.59 Å². The Hall–Kier alpha value is -4.08. The van der Waals surface area contributed by atoms with Crippen LogP contribution in [0.2, 0.25) is 5.02 Å². The first-order valence-electron chi connectivity index (χ1n) is 13.6. The van der Waals surface area contributed by atoms with Crippen molar-refractivity contribution in [3.63, 3.8) is 0 Å². The molecule has 2 aromatic carbocycles. The van der Waals surface area contributed by atoms with Gasteiger partial charge in [-0.3, -0.25) is 9.36 Å². The molecule has 0 saturated carbocycles. The van der Waals surface area contributed by atoms with Crippen molar-refractivity contribution in [2.45, 2.75) is 39.7 Å². The number of carbonyl (C=O) groups is 1. The number of hydrogen-bond donors (Lipinski definition) is 0. The molecule has 0 saturated heterocycles. The maximum absolute atomic E-state index is 14.1. The van der Waals surface area contributed by atoms with Crippen molar-refractivity contribution in [3.05, 3.63) is 101 Å². The number of allylic oxidation sites excluding steroid dienone is 1. The molecule has 0 bridgehead atoms. The van der Waals surface area contributed by atoms with Crippen LogP contribution in [0.25, 0.3) is 17.4 Å². The van der Waals surface area contributed by atoms with Crippen molar-refractivity contribution in [3.8, 4) is 22.8 Å². The first-order chi connectivity index (χ1) is 20.3. The summed E-state index contributed by atoms with van der Waals surface area (Å²) in [6.07, 6.45) is 2.97. The number of rotatable bonds is 9. The van der Waals surface area contributed by atoms with Gasteiger partial charge in [-0.05, 0) is 68.3 Å². The number of esters is 1. The van der Waals surface area contributed by atoms with Gasteiger partial charge in [-0.15, -0.1) is 0 Å². The molecule has 2 aromatic heterocycles. The first-order valence-corrected chi connectivity index (χ1v) is 14.8. The lowest BCUT2D eigenvalue weighted by Crippen LogP contribution is -2.40. The number of aromatic nitrogens is 1. The number of hydrogen-bond acceptors (Lipinski definition) is 8. The minimum Gasteiger partial charge on any atom is -0.497 e. The normalized spacial score (nSPS) is 14.9. The summed E-state index contributed by atoms with van der Waals surface area (Å²) >= 11 is 7.45. The Morgan fingerprint density at radius 2 is 1.93 bits per heavy atom. The lowest BCUT2D eigenvalue weighted by Gasteiger charge is -2.27. The molecule has 0 amide bonds. The van der Waals surface area contributed by atoms with Gasteiger partial charge in [0, 0.05) is 22.2 Å². The zero-order valence-corrected chi connectivity index (χ0v) is 25.6. The van der Waals surface area contributed by atoms with Crippen LogP contribution in [0.5, 0.6) is 11.5 Å². The summed E-state index contributed by atoms with van der Waals surface area (Å²) in [5.74, 6) is 1.68. The predicted molar refractivity (Wildman–Crippen MR) is 163 cm³/mol. The third-order valence-corrected chi connectivity index (χ3v) is 8.21. The SMILES string of the molecule is CCCC1=C(C(=O)OCC)[C@@H](c2cc(OC)ccc2OC)n2c(s/c(=C\c3ccc(-c4cc(Cl)ccc4C)o3)c2=O)=N1. The van der Waals surface area contributed by atoms with E-state index < -0.39 is 12.0 Å². The van der Waals surface area contributed by atoms with Gasteiger partial charge < -0.3 is 18.6 Å². The predicted octanol–water partition coefficient (Wildman–Crippen LogP) is 5.82. The molecule has 218 valence electrons. The third kappa shape index (κ3) is 5.54. The number of fused-ring (bicyclic) bond motifs is 1. The molecule has 4 aromatic rings. The molecular formula is C32H31ClN2O6S. The van der Waals surface area contributed by atoms with Gasteiger partial charge in [0.2, 0.25) is 0 Å². The number of methoxy groups -OCH3 is 2. The van der Waals surface area contributed by atoms with Crippen LogP contribution in [0.15, 0.2) is 74.0 Å². The van der Waals surface area contributed by atoms with Crippen LogP contribution in [0, 0.1) is 6.92 Å². The molecule has 5 rings (SSSR count). The Morgan fingerprint density at radius 1 is 1.12 bits per heavy atom. The molecule has 42 heavy (non-hydrogen) atoms. The molecule has 3 heterocycles. The van der Waals surface area contributed by atoms with E-state index in [1.54, 1.807) is 45.4 Å². The van der Waals surface area contributed by atoms with Gasteiger partial charge in [-0.1, -0.05) is 42.3 Å². The van der Waals surface area contributed by atoms with E-state index in [1.165, 1.54) is 15.9 Å². The van der Waals surface area contributed by atoms with Crippen LogP contribution < -0.4 is 24.4 Å². The maximum atomic E-state index is 14.1. The topological polar surface area (TPSA) is 92.3 Å². The average Bonchev–Trinajstić information content (AvgIpc) is 3.57. The molecule has 0 spiro atoms. The molecule has 1 aliphatic rings. The molecule has 1 atom stereocenters. The van der Waals surface area contributed by atoms with Gasteiger partial charge in [0.1, 0.15) is 29.1 Å². The minimum absolute atomic E-state index is 0.182. The number of thiazole rings is 1. The van der Waals surface area contributed by atoms with Gasteiger partial charge in [0.05, 0.1) is 36.6 Å². The van der Waals surface area contributed by atoms with Crippen molar-refractivity contribution >= 4 is 35.0 Å². The number of benzene rings is 2. The van der Waals surface area contributed by atoms with E-state index >= 15 is 0 Å². The molecule has 0 fully saturated rings. The summed E-state index contributed by atoms with van der Waals surface area (Å²) in [6, 6.07) is 13.7. The molecule has 0 N–H and O–H groups in total. The van der Waals surface area contributed by atoms with Crippen molar-refractivity contribution in [2.24, 2.45) is 4.99 Å². The van der Waals surface area contributed by atoms with E-state index in [4.69, 9.17) is 35.2 Å². The van der Waals surface area contributed by atoms with Crippen LogP contribution in [-0.2, 0) is 9.53 Å². The molecule has 0 aliphatic carbocycles. The Bertz CT molecular complexity index is 1870. The molecule has 10 heteroatoms. The standard InChI is InChI=1S/C32H31ClN2O6S/c1-6-8-24-28(31(37)40-7-2)29(23-16-20(38-4)11-13-25(23)39-5)35-30(36)27(42-32(35)34-24)17-21-12-14-26(41-21)22-15-19(33)10-9-18(22)3/h9-17,29H,6-8H2,1-5H3/b27-17-/t29-/m1/s1. The van der Waals surface area contributed by atoms with Crippen molar-refractivity contribution < 1.29 is 23.4 Å². The van der Waals surface area contributed by atoms with Gasteiger partial charge >= 0.3 is 5.97 Å². The number of aryl methyl sites for hydroxylation is 1. The zero-order valence-electron chi connectivity index (χ0n) is 24.0. The van der Waals surface area contributed by atoms with Crippen molar-refractivity contribution in [1.82, 2.24) is 4.57 Å². The summed E-state index contributed by atoms with van der Waals surface area (Å²) in [6.45, 7) is 5.92. The van der Waals surface area contributed by atoms with Crippen LogP contribution in [-0.4, -0.2) is 31.4 Å². The van der Waals surface area contributed by atoms with E-state index in [1.807, 2.05) is 44.2 Å². The van der Waals surface area contributed by atoms with E-state index in [0.717, 1.165) is 17.5 Å². The van der Waals surface area contributed by atoms with Gasteiger partial charge in [0.25, 0.3) is 5.56 Å². The fraction of sp³-hybridized carbons (Fsp3) is 0.281. The van der Waals surface area contributed by atoms with E-state index in [0.29, 0.717) is 60.6 Å². The second-order valence-corrected chi connectivity index (χ2v) is 11.1. The number of carbonyl (C=O) groups excluding carboxylic acids is 1. The highest BCUT2D eigenvalue weighted by atomic mass is 35.5. The highest BCUT2D eigenvalue weighted by molar-refractivity contribution is 7.07. The summed E-state index contributed by atoms with van der Waals surface area (Å²) in [4.78, 5) is 32.9. The molecule has 8 nitrogen and oxygen atoms in total. The number of ether oxygens (including phenoxy) is 3. The molecule has 0 radical (unpaired) electrons. The highest BCUT2D eigenvalue weighted by Gasteiger charge is 2.36. The fourth-order valence-corrected chi connectivity index (χ4v) is 6.20. The van der Waals surface area contributed by atoms with E-state index in [-0.39, 0.29) is 12.2 Å². The smallest absolute Gasteiger partial charge is 0.338 e. The Kier molecular flexibility index (Phi) is 8.70. The fourth-order valence-electron chi connectivity index (χ4n) is 5.03. The number of halogens is 1. The third-order valence-electron chi connectivity index (χ3n) is 6.99. The van der Waals surface area contributed by atoms with Crippen molar-refractivity contribution in [1.29, 1.82) is 0 Å². The lowest BCUT2D eigenvalue weighted by atomic mass is 9.93. The Balaban J connectivity index is 1.73. The lowest BCUT2D eigenvalue weighted by molar-refractivity contribution is -0.139. The van der Waals surface area contributed by atoms with Gasteiger partial charge in [-0.2, -0.15) is 0 Å². The molecule has 1 aliphatic heterocycles. The Labute approximate surface area is 252 Å². The number of nitrogens with zero attached hydrogens (tertiary/aromatic N) is 2. The van der Waals surface area contributed by atoms with Crippen molar-refractivity contribution in [2.75, 3.05) is 20.8 Å². The number of furan rings is 1. The van der Waals surface area contributed by atoms with Crippen LogP contribution >= 0.6 is 22.9 Å². The molecule has 0 unspecified atom stereocenters. The zero-order chi connectivity index (χ0) is 30.0. The van der Waals surface area contributed by atoms with E-state index in [2.05, 4.69) is 0 Å².